The molecule has 0 saturated carbocycles. The molecule has 0 radical (unpaired) electrons. The molecule has 0 aromatic carbocycles. The normalized spacial score (nSPS) is 17.1. The number of rotatable bonds is 4. The third-order valence-corrected chi connectivity index (χ3v) is 2.29. The average Bonchev–Trinajstić information content (AvgIpc) is 2.22. The second-order valence-corrected chi connectivity index (χ2v) is 3.56. The van der Waals surface area contributed by atoms with E-state index in [2.05, 4.69) is 0 Å². The first-order valence-corrected chi connectivity index (χ1v) is 4.61. The Morgan fingerprint density at radius 1 is 1.56 bits per heavy atom. The minimum atomic E-state index is -4.78. The maximum absolute atomic E-state index is 11.9. The molecule has 0 spiro atoms. The van der Waals surface area contributed by atoms with E-state index in [4.69, 9.17) is 10.4 Å². The number of amides is 1. The van der Waals surface area contributed by atoms with Crippen molar-refractivity contribution in [3.05, 3.63) is 0 Å². The van der Waals surface area contributed by atoms with Crippen LogP contribution in [0.25, 0.3) is 0 Å². The number of hydrogen-bond donors (Lipinski definition) is 2. The molecule has 0 rings (SSSR count). The number of nitrogens with one attached hydrogen (secondary N) is 1. The number of aliphatic hydroxyl groups is 1. The lowest BCUT2D eigenvalue weighted by Gasteiger charge is -2.21. The van der Waals surface area contributed by atoms with Crippen molar-refractivity contribution >= 4 is 5.91 Å². The summed E-state index contributed by atoms with van der Waals surface area (Å²) < 4.78 is 35.7. The summed E-state index contributed by atoms with van der Waals surface area (Å²) in [5.74, 6) is -0.819. The molecule has 0 heterocycles. The Morgan fingerprint density at radius 2 is 2.06 bits per heavy atom. The average molecular weight is 238 g/mol. The van der Waals surface area contributed by atoms with E-state index in [1.165, 1.54) is 6.92 Å². The molecular weight excluding hydrogens is 225 g/mol. The van der Waals surface area contributed by atoms with Gasteiger partial charge in [-0.1, -0.05) is 6.92 Å². The van der Waals surface area contributed by atoms with Crippen LogP contribution in [0.15, 0.2) is 0 Å². The number of nitriles is 1. The van der Waals surface area contributed by atoms with Gasteiger partial charge in [-0.2, -0.15) is 18.4 Å². The van der Waals surface area contributed by atoms with E-state index in [0.717, 1.165) is 0 Å². The molecule has 2 N–H and O–H groups in total. The number of halogens is 3. The Bertz CT molecular complexity index is 298. The monoisotopic (exact) mass is 238 g/mol. The lowest BCUT2D eigenvalue weighted by Crippen LogP contribution is -2.45. The van der Waals surface area contributed by atoms with Gasteiger partial charge in [0.25, 0.3) is 0 Å². The van der Waals surface area contributed by atoms with Crippen molar-refractivity contribution in [2.45, 2.75) is 32.5 Å². The van der Waals surface area contributed by atoms with Crippen LogP contribution in [0.4, 0.5) is 13.2 Å². The summed E-state index contributed by atoms with van der Waals surface area (Å²) in [4.78, 5) is 11.3. The highest BCUT2D eigenvalue weighted by atomic mass is 19.4. The quantitative estimate of drug-likeness (QED) is 0.766. The van der Waals surface area contributed by atoms with Crippen molar-refractivity contribution in [3.63, 3.8) is 0 Å². The number of nitrogens with zero attached hydrogens (tertiary/aromatic N) is 1. The minimum Gasteiger partial charge on any atom is -0.382 e. The summed E-state index contributed by atoms with van der Waals surface area (Å²) in [5.41, 5.74) is -1.37. The van der Waals surface area contributed by atoms with E-state index in [1.54, 1.807) is 13.0 Å². The number of aliphatic hydroxyl groups excluding tert-OH is 1. The first kappa shape index (κ1) is 14.7. The fraction of sp³-hybridized carbons (Fsp3) is 0.778. The molecule has 0 aliphatic rings. The zero-order valence-electron chi connectivity index (χ0n) is 8.93. The smallest absolute Gasteiger partial charge is 0.382 e. The molecule has 16 heavy (non-hydrogen) atoms. The summed E-state index contributed by atoms with van der Waals surface area (Å²) in [5, 5.41) is 19.2. The van der Waals surface area contributed by atoms with Crippen molar-refractivity contribution in [2.75, 3.05) is 6.54 Å². The molecule has 0 aromatic heterocycles. The van der Waals surface area contributed by atoms with Crippen molar-refractivity contribution in [3.8, 4) is 6.07 Å². The summed E-state index contributed by atoms with van der Waals surface area (Å²) >= 11 is 0. The van der Waals surface area contributed by atoms with Gasteiger partial charge in [0, 0.05) is 0 Å². The molecular formula is C9H13F3N2O2. The van der Waals surface area contributed by atoms with Crippen LogP contribution in [-0.2, 0) is 4.79 Å². The van der Waals surface area contributed by atoms with E-state index in [0.29, 0.717) is 0 Å². The van der Waals surface area contributed by atoms with Crippen molar-refractivity contribution in [1.29, 1.82) is 5.26 Å². The van der Waals surface area contributed by atoms with E-state index in [9.17, 15) is 18.0 Å². The molecule has 1 amide bonds. The standard InChI is InChI=1S/C9H13F3N2O2/c1-3-8(2,5-13)7(16)14-4-6(15)9(10,11)12/h6,15H,3-4H2,1-2H3,(H,14,16). The number of alkyl halides is 3. The Kier molecular flexibility index (Phi) is 4.75. The fourth-order valence-electron chi connectivity index (χ4n) is 0.791. The van der Waals surface area contributed by atoms with E-state index in [1.807, 2.05) is 5.32 Å². The molecule has 0 saturated heterocycles. The molecule has 0 aromatic rings. The van der Waals surface area contributed by atoms with Gasteiger partial charge in [0.1, 0.15) is 5.41 Å². The van der Waals surface area contributed by atoms with E-state index in [-0.39, 0.29) is 6.42 Å². The summed E-state index contributed by atoms with van der Waals surface area (Å²) in [6.07, 6.45) is -7.21. The highest BCUT2D eigenvalue weighted by Crippen LogP contribution is 2.21. The van der Waals surface area contributed by atoms with Crippen molar-refractivity contribution < 1.29 is 23.1 Å². The molecule has 92 valence electrons. The number of carbonyl (C=O) groups is 1. The van der Waals surface area contributed by atoms with Crippen LogP contribution in [0.5, 0.6) is 0 Å². The molecule has 4 nitrogen and oxygen atoms in total. The maximum Gasteiger partial charge on any atom is 0.416 e. The van der Waals surface area contributed by atoms with Gasteiger partial charge in [0.2, 0.25) is 5.91 Å². The topological polar surface area (TPSA) is 73.1 Å². The predicted molar refractivity (Wildman–Crippen MR) is 49.1 cm³/mol. The molecule has 2 atom stereocenters. The van der Waals surface area contributed by atoms with Gasteiger partial charge in [-0.3, -0.25) is 4.79 Å². The first-order valence-electron chi connectivity index (χ1n) is 4.61. The van der Waals surface area contributed by atoms with Gasteiger partial charge in [0.15, 0.2) is 6.10 Å². The summed E-state index contributed by atoms with van der Waals surface area (Å²) in [6, 6.07) is 1.72. The predicted octanol–water partition coefficient (Wildman–Crippen LogP) is 0.966. The summed E-state index contributed by atoms with van der Waals surface area (Å²) in [7, 11) is 0. The maximum atomic E-state index is 11.9. The fourth-order valence-corrected chi connectivity index (χ4v) is 0.791. The van der Waals surface area contributed by atoms with Gasteiger partial charge in [-0.15, -0.1) is 0 Å². The molecule has 2 unspecified atom stereocenters. The highest BCUT2D eigenvalue weighted by Gasteiger charge is 2.39. The van der Waals surface area contributed by atoms with E-state index >= 15 is 0 Å². The van der Waals surface area contributed by atoms with Crippen molar-refractivity contribution in [2.24, 2.45) is 5.41 Å². The Balaban J connectivity index is 4.35. The molecule has 0 bridgehead atoms. The third-order valence-electron chi connectivity index (χ3n) is 2.29. The van der Waals surface area contributed by atoms with Crippen LogP contribution in [0.1, 0.15) is 20.3 Å². The van der Waals surface area contributed by atoms with E-state index < -0.39 is 30.1 Å². The molecule has 0 aliphatic heterocycles. The SMILES string of the molecule is CCC(C)(C#N)C(=O)NCC(O)C(F)(F)F. The lowest BCUT2D eigenvalue weighted by molar-refractivity contribution is -0.202. The molecule has 0 aliphatic carbocycles. The third kappa shape index (κ3) is 3.70. The zero-order chi connectivity index (χ0) is 13.0. The van der Waals surface area contributed by atoms with Crippen LogP contribution in [0.3, 0.4) is 0 Å². The van der Waals surface area contributed by atoms with Crippen LogP contribution in [0.2, 0.25) is 0 Å². The van der Waals surface area contributed by atoms with Crippen molar-refractivity contribution in [1.82, 2.24) is 5.32 Å². The Morgan fingerprint density at radius 3 is 2.38 bits per heavy atom. The minimum absolute atomic E-state index is 0.178. The van der Waals surface area contributed by atoms with Crippen LogP contribution < -0.4 is 5.32 Å². The van der Waals surface area contributed by atoms with Gasteiger partial charge in [-0.05, 0) is 13.3 Å². The highest BCUT2D eigenvalue weighted by molar-refractivity contribution is 5.84. The molecule has 0 fully saturated rings. The molecule has 7 heteroatoms. The second-order valence-electron chi connectivity index (χ2n) is 3.56. The van der Waals surface area contributed by atoms with Gasteiger partial charge in [0.05, 0.1) is 12.6 Å². The zero-order valence-corrected chi connectivity index (χ0v) is 8.93. The summed E-state index contributed by atoms with van der Waals surface area (Å²) in [6.45, 7) is 1.95. The van der Waals surface area contributed by atoms with Gasteiger partial charge >= 0.3 is 6.18 Å². The number of carbonyl (C=O) groups excluding carboxylic acids is 1. The first-order chi connectivity index (χ1) is 7.17. The van der Waals surface area contributed by atoms with Gasteiger partial charge < -0.3 is 10.4 Å². The largest absolute Gasteiger partial charge is 0.416 e. The second kappa shape index (κ2) is 5.16. The van der Waals surface area contributed by atoms with Crippen LogP contribution in [0, 0.1) is 16.7 Å². The number of hydrogen-bond acceptors (Lipinski definition) is 3. The van der Waals surface area contributed by atoms with Crippen LogP contribution >= 0.6 is 0 Å². The van der Waals surface area contributed by atoms with Gasteiger partial charge in [-0.25, -0.2) is 0 Å². The lowest BCUT2D eigenvalue weighted by atomic mass is 9.88. The Hall–Kier alpha value is -1.29. The Labute approximate surface area is 91.1 Å². The van der Waals surface area contributed by atoms with Crippen LogP contribution in [-0.4, -0.2) is 29.8 Å².